The Morgan fingerprint density at radius 1 is 1.35 bits per heavy atom. The number of rotatable bonds is 3. The fraction of sp³-hybridized carbons (Fsp3) is 0.562. The Kier molecular flexibility index (Phi) is 4.65. The van der Waals surface area contributed by atoms with Crippen LogP contribution in [0.3, 0.4) is 0 Å². The summed E-state index contributed by atoms with van der Waals surface area (Å²) in [5.74, 6) is 0.0200. The van der Waals surface area contributed by atoms with Crippen LogP contribution >= 0.6 is 0 Å². The molecule has 20 heavy (non-hydrogen) atoms. The maximum atomic E-state index is 12.3. The molecule has 1 aromatic carbocycles. The highest BCUT2D eigenvalue weighted by Crippen LogP contribution is 2.24. The fourth-order valence-corrected chi connectivity index (χ4v) is 2.99. The van der Waals surface area contributed by atoms with E-state index in [1.807, 2.05) is 25.1 Å². The smallest absolute Gasteiger partial charge is 0.238 e. The number of hydrogen-bond donors (Lipinski definition) is 2. The molecule has 110 valence electrons. The SMILES string of the molecule is Cc1cccc(N)c1NC(=O)CN1C(C)CCCC1C. The third-order valence-electron chi connectivity index (χ3n) is 4.27. The number of nitrogen functional groups attached to an aromatic ring is 1. The van der Waals surface area contributed by atoms with E-state index in [0.717, 1.165) is 11.3 Å². The van der Waals surface area contributed by atoms with Gasteiger partial charge < -0.3 is 11.1 Å². The highest BCUT2D eigenvalue weighted by molar-refractivity contribution is 5.96. The van der Waals surface area contributed by atoms with Crippen LogP contribution in [0.2, 0.25) is 0 Å². The van der Waals surface area contributed by atoms with Crippen molar-refractivity contribution in [3.63, 3.8) is 0 Å². The van der Waals surface area contributed by atoms with Crippen LogP contribution in [0, 0.1) is 6.92 Å². The van der Waals surface area contributed by atoms with Gasteiger partial charge in [0.2, 0.25) is 5.91 Å². The van der Waals surface area contributed by atoms with Gasteiger partial charge in [-0.05, 0) is 45.2 Å². The van der Waals surface area contributed by atoms with Gasteiger partial charge >= 0.3 is 0 Å². The first-order chi connectivity index (χ1) is 9.49. The lowest BCUT2D eigenvalue weighted by molar-refractivity contribution is -0.118. The van der Waals surface area contributed by atoms with Crippen molar-refractivity contribution in [2.24, 2.45) is 0 Å². The molecule has 0 bridgehead atoms. The molecule has 1 heterocycles. The van der Waals surface area contributed by atoms with Gasteiger partial charge in [0.15, 0.2) is 0 Å². The summed E-state index contributed by atoms with van der Waals surface area (Å²) in [6.45, 7) is 6.80. The van der Waals surface area contributed by atoms with Crippen LogP contribution in [0.25, 0.3) is 0 Å². The number of hydrogen-bond acceptors (Lipinski definition) is 3. The molecular weight excluding hydrogens is 250 g/mol. The Morgan fingerprint density at radius 3 is 2.60 bits per heavy atom. The average Bonchev–Trinajstić information content (AvgIpc) is 2.39. The van der Waals surface area contributed by atoms with E-state index < -0.39 is 0 Å². The van der Waals surface area contributed by atoms with Gasteiger partial charge in [0.05, 0.1) is 17.9 Å². The first-order valence-electron chi connectivity index (χ1n) is 7.39. The van der Waals surface area contributed by atoms with E-state index in [9.17, 15) is 4.79 Å². The van der Waals surface area contributed by atoms with Gasteiger partial charge in [0, 0.05) is 12.1 Å². The maximum Gasteiger partial charge on any atom is 0.238 e. The predicted octanol–water partition coefficient (Wildman–Crippen LogP) is 2.78. The quantitative estimate of drug-likeness (QED) is 0.834. The van der Waals surface area contributed by atoms with E-state index in [0.29, 0.717) is 24.3 Å². The summed E-state index contributed by atoms with van der Waals surface area (Å²) in [6, 6.07) is 6.61. The number of aryl methyl sites for hydroxylation is 1. The lowest BCUT2D eigenvalue weighted by Crippen LogP contribution is -2.47. The number of carbonyl (C=O) groups is 1. The van der Waals surface area contributed by atoms with E-state index in [2.05, 4.69) is 24.1 Å². The third-order valence-corrected chi connectivity index (χ3v) is 4.27. The number of likely N-dealkylation sites (tertiary alicyclic amines) is 1. The molecule has 0 spiro atoms. The zero-order chi connectivity index (χ0) is 14.7. The normalized spacial score (nSPS) is 23.6. The minimum Gasteiger partial charge on any atom is -0.397 e. The molecular formula is C16H25N3O. The van der Waals surface area contributed by atoms with E-state index in [1.165, 1.54) is 19.3 Å². The van der Waals surface area contributed by atoms with Crippen LogP contribution in [-0.2, 0) is 4.79 Å². The summed E-state index contributed by atoms with van der Waals surface area (Å²) in [5.41, 5.74) is 8.30. The second-order valence-electron chi connectivity index (χ2n) is 5.89. The van der Waals surface area contributed by atoms with E-state index in [-0.39, 0.29) is 5.91 Å². The summed E-state index contributed by atoms with van der Waals surface area (Å²) < 4.78 is 0. The minimum absolute atomic E-state index is 0.0200. The predicted molar refractivity (Wildman–Crippen MR) is 83.7 cm³/mol. The number of nitrogens with zero attached hydrogens (tertiary/aromatic N) is 1. The molecule has 1 aliphatic rings. The second-order valence-corrected chi connectivity index (χ2v) is 5.89. The van der Waals surface area contributed by atoms with Crippen LogP contribution in [0.1, 0.15) is 38.7 Å². The van der Waals surface area contributed by atoms with Crippen LogP contribution in [0.4, 0.5) is 11.4 Å². The zero-order valence-corrected chi connectivity index (χ0v) is 12.6. The van der Waals surface area contributed by atoms with Crippen LogP contribution in [0.15, 0.2) is 18.2 Å². The van der Waals surface area contributed by atoms with Gasteiger partial charge in [-0.25, -0.2) is 0 Å². The van der Waals surface area contributed by atoms with Crippen molar-refractivity contribution in [3.8, 4) is 0 Å². The van der Waals surface area contributed by atoms with Gasteiger partial charge in [0.1, 0.15) is 0 Å². The summed E-state index contributed by atoms with van der Waals surface area (Å²) >= 11 is 0. The number of anilines is 2. The average molecular weight is 275 g/mol. The highest BCUT2D eigenvalue weighted by atomic mass is 16.2. The molecule has 0 saturated carbocycles. The van der Waals surface area contributed by atoms with Crippen LogP contribution < -0.4 is 11.1 Å². The van der Waals surface area contributed by atoms with Crippen molar-refractivity contribution in [1.82, 2.24) is 4.90 Å². The maximum absolute atomic E-state index is 12.3. The molecule has 1 amide bonds. The van der Waals surface area contributed by atoms with Crippen molar-refractivity contribution in [1.29, 1.82) is 0 Å². The van der Waals surface area contributed by atoms with Gasteiger partial charge in [-0.2, -0.15) is 0 Å². The topological polar surface area (TPSA) is 58.4 Å². The van der Waals surface area contributed by atoms with Crippen molar-refractivity contribution in [2.75, 3.05) is 17.6 Å². The third kappa shape index (κ3) is 3.31. The summed E-state index contributed by atoms with van der Waals surface area (Å²) in [4.78, 5) is 14.6. The summed E-state index contributed by atoms with van der Waals surface area (Å²) in [6.07, 6.45) is 3.60. The minimum atomic E-state index is 0.0200. The standard InChI is InChI=1S/C16H25N3O/c1-11-6-4-9-14(17)16(11)18-15(20)10-19-12(2)7-5-8-13(19)3/h4,6,9,12-13H,5,7-8,10,17H2,1-3H3,(H,18,20). The number of carbonyl (C=O) groups excluding carboxylic acids is 1. The Balaban J connectivity index is 2.02. The largest absolute Gasteiger partial charge is 0.397 e. The molecule has 1 fully saturated rings. The molecule has 1 aliphatic heterocycles. The van der Waals surface area contributed by atoms with E-state index in [1.54, 1.807) is 0 Å². The monoisotopic (exact) mass is 275 g/mol. The van der Waals surface area contributed by atoms with E-state index >= 15 is 0 Å². The molecule has 3 N–H and O–H groups in total. The first-order valence-corrected chi connectivity index (χ1v) is 7.39. The molecule has 4 nitrogen and oxygen atoms in total. The van der Waals surface area contributed by atoms with Crippen molar-refractivity contribution >= 4 is 17.3 Å². The summed E-state index contributed by atoms with van der Waals surface area (Å²) in [5, 5.41) is 2.96. The first kappa shape index (κ1) is 14.9. The number of piperidine rings is 1. The fourth-order valence-electron chi connectivity index (χ4n) is 2.99. The molecule has 4 heteroatoms. The lowest BCUT2D eigenvalue weighted by atomic mass is 9.97. The Hall–Kier alpha value is -1.55. The number of nitrogens with one attached hydrogen (secondary N) is 1. The van der Waals surface area contributed by atoms with Gasteiger partial charge in [0.25, 0.3) is 0 Å². The molecule has 2 atom stereocenters. The Morgan fingerprint density at radius 2 is 2.00 bits per heavy atom. The number of para-hydroxylation sites is 1. The molecule has 1 aromatic rings. The molecule has 2 rings (SSSR count). The van der Waals surface area contributed by atoms with Gasteiger partial charge in [-0.1, -0.05) is 18.6 Å². The molecule has 0 aromatic heterocycles. The number of amides is 1. The van der Waals surface area contributed by atoms with Crippen molar-refractivity contribution in [2.45, 2.75) is 52.1 Å². The summed E-state index contributed by atoms with van der Waals surface area (Å²) in [7, 11) is 0. The second kappa shape index (κ2) is 6.27. The Bertz CT molecular complexity index is 456. The van der Waals surface area contributed by atoms with E-state index in [4.69, 9.17) is 5.73 Å². The number of nitrogens with two attached hydrogens (primary N) is 1. The van der Waals surface area contributed by atoms with Gasteiger partial charge in [-0.15, -0.1) is 0 Å². The highest BCUT2D eigenvalue weighted by Gasteiger charge is 2.26. The zero-order valence-electron chi connectivity index (χ0n) is 12.6. The van der Waals surface area contributed by atoms with Gasteiger partial charge in [-0.3, -0.25) is 9.69 Å². The number of benzene rings is 1. The molecule has 0 aliphatic carbocycles. The van der Waals surface area contributed by atoms with Crippen molar-refractivity contribution < 1.29 is 4.79 Å². The molecule has 1 saturated heterocycles. The Labute approximate surface area is 121 Å². The van der Waals surface area contributed by atoms with Crippen LogP contribution in [0.5, 0.6) is 0 Å². The van der Waals surface area contributed by atoms with Crippen LogP contribution in [-0.4, -0.2) is 29.4 Å². The molecule has 2 unspecified atom stereocenters. The van der Waals surface area contributed by atoms with Crippen molar-refractivity contribution in [3.05, 3.63) is 23.8 Å². The lowest BCUT2D eigenvalue weighted by Gasteiger charge is -2.38. The molecule has 0 radical (unpaired) electrons.